The Hall–Kier alpha value is -0.500. The van der Waals surface area contributed by atoms with Crippen molar-refractivity contribution in [3.05, 3.63) is 0 Å². The molecule has 2 unspecified atom stereocenters. The van der Waals surface area contributed by atoms with Gasteiger partial charge in [0.1, 0.15) is 6.10 Å². The summed E-state index contributed by atoms with van der Waals surface area (Å²) in [7, 11) is -4.27. The maximum absolute atomic E-state index is 12.6. The van der Waals surface area contributed by atoms with Crippen molar-refractivity contribution in [2.24, 2.45) is 5.73 Å². The Labute approximate surface area is 316 Å². The fraction of sp³-hybridized carbons (Fsp3) is 0.976. The van der Waals surface area contributed by atoms with Crippen molar-refractivity contribution in [3.63, 3.8) is 0 Å². The van der Waals surface area contributed by atoms with E-state index in [4.69, 9.17) is 24.3 Å². The molecule has 0 aromatic carbocycles. The average molecular weight is 748 g/mol. The fourth-order valence-electron chi connectivity index (χ4n) is 6.53. The van der Waals surface area contributed by atoms with Crippen LogP contribution in [0.3, 0.4) is 0 Å². The van der Waals surface area contributed by atoms with Crippen LogP contribution in [0.2, 0.25) is 0 Å². The van der Waals surface area contributed by atoms with Gasteiger partial charge in [0.2, 0.25) is 0 Å². The molecule has 0 aliphatic carbocycles. The highest BCUT2D eigenvalue weighted by Crippen LogP contribution is 2.43. The van der Waals surface area contributed by atoms with Crippen LogP contribution in [-0.4, -0.2) is 49.9 Å². The van der Waals surface area contributed by atoms with Crippen molar-refractivity contribution in [1.82, 2.24) is 0 Å². The van der Waals surface area contributed by atoms with Gasteiger partial charge in [-0.3, -0.25) is 13.8 Å². The van der Waals surface area contributed by atoms with Gasteiger partial charge in [-0.1, -0.05) is 206 Å². The number of ether oxygens (including phenoxy) is 2. The molecule has 306 valence electrons. The second kappa shape index (κ2) is 40.7. The summed E-state index contributed by atoms with van der Waals surface area (Å²) >= 11 is 0. The van der Waals surface area contributed by atoms with Gasteiger partial charge in [0.05, 0.1) is 19.8 Å². The van der Waals surface area contributed by atoms with Crippen LogP contribution in [0, 0.1) is 0 Å². The van der Waals surface area contributed by atoms with E-state index >= 15 is 0 Å². The van der Waals surface area contributed by atoms with Gasteiger partial charge in [-0.2, -0.15) is 0 Å². The summed E-state index contributed by atoms with van der Waals surface area (Å²) in [5.74, 6) is -0.323. The first-order valence-electron chi connectivity index (χ1n) is 22.0. The standard InChI is InChI=1S/C42H86NO7P/c1-3-5-7-9-11-13-15-17-19-20-21-22-23-25-27-29-31-33-35-42(44)50-41(40-49-51(45,46)48-38-36-43)39-47-37-34-32-30-28-26-24-18-16-14-12-10-8-6-4-2/h41H,3-40,43H2,1-2H3,(H,45,46). The molecule has 0 amide bonds. The number of esters is 1. The number of carbonyl (C=O) groups is 1. The molecule has 0 radical (unpaired) electrons. The van der Waals surface area contributed by atoms with E-state index in [1.807, 2.05) is 0 Å². The summed E-state index contributed by atoms with van der Waals surface area (Å²) in [6, 6.07) is 0. The van der Waals surface area contributed by atoms with Crippen LogP contribution in [0.1, 0.15) is 226 Å². The van der Waals surface area contributed by atoms with Crippen LogP contribution in [0.5, 0.6) is 0 Å². The second-order valence-electron chi connectivity index (χ2n) is 14.9. The predicted molar refractivity (Wildman–Crippen MR) is 215 cm³/mol. The van der Waals surface area contributed by atoms with E-state index in [9.17, 15) is 14.3 Å². The molecule has 0 aliphatic heterocycles. The summed E-state index contributed by atoms with van der Waals surface area (Å²) in [4.78, 5) is 22.5. The van der Waals surface area contributed by atoms with Crippen LogP contribution in [0.25, 0.3) is 0 Å². The van der Waals surface area contributed by atoms with Crippen molar-refractivity contribution in [2.45, 2.75) is 232 Å². The van der Waals surface area contributed by atoms with Gasteiger partial charge in [-0.25, -0.2) is 4.57 Å². The SMILES string of the molecule is CCCCCCCCCCCCCCCCCCCCC(=O)OC(COCCCCCCCCCCCCCCCC)COP(=O)(O)OCCN. The van der Waals surface area contributed by atoms with E-state index in [1.165, 1.54) is 173 Å². The third kappa shape index (κ3) is 40.5. The van der Waals surface area contributed by atoms with E-state index in [0.29, 0.717) is 13.0 Å². The molecule has 0 bridgehead atoms. The monoisotopic (exact) mass is 748 g/mol. The zero-order chi connectivity index (χ0) is 37.4. The molecular weight excluding hydrogens is 661 g/mol. The molecule has 9 heteroatoms. The molecular formula is C42H86NO7P. The Bertz CT molecular complexity index is 757. The molecule has 0 spiro atoms. The number of nitrogens with two attached hydrogens (primary N) is 1. The number of unbranched alkanes of at least 4 members (excludes halogenated alkanes) is 30. The number of phosphoric acid groups is 1. The molecule has 0 saturated heterocycles. The predicted octanol–water partition coefficient (Wildman–Crippen LogP) is 12.9. The third-order valence-corrected chi connectivity index (χ3v) is 10.8. The highest BCUT2D eigenvalue weighted by molar-refractivity contribution is 7.47. The lowest BCUT2D eigenvalue weighted by Gasteiger charge is -2.20. The summed E-state index contributed by atoms with van der Waals surface area (Å²) in [6.07, 6.45) is 41.1. The minimum Gasteiger partial charge on any atom is -0.457 e. The lowest BCUT2D eigenvalue weighted by atomic mass is 10.0. The van der Waals surface area contributed by atoms with Gasteiger partial charge in [-0.05, 0) is 12.8 Å². The van der Waals surface area contributed by atoms with Gasteiger partial charge in [0, 0.05) is 19.6 Å². The fourth-order valence-corrected chi connectivity index (χ4v) is 7.29. The second-order valence-corrected chi connectivity index (χ2v) is 16.4. The smallest absolute Gasteiger partial charge is 0.457 e. The van der Waals surface area contributed by atoms with Gasteiger partial charge in [-0.15, -0.1) is 0 Å². The van der Waals surface area contributed by atoms with Crippen molar-refractivity contribution in [3.8, 4) is 0 Å². The van der Waals surface area contributed by atoms with Crippen molar-refractivity contribution >= 4 is 13.8 Å². The maximum atomic E-state index is 12.6. The first kappa shape index (κ1) is 50.5. The van der Waals surface area contributed by atoms with Gasteiger partial charge in [0.25, 0.3) is 0 Å². The maximum Gasteiger partial charge on any atom is 0.472 e. The Morgan fingerprint density at radius 1 is 0.510 bits per heavy atom. The first-order valence-corrected chi connectivity index (χ1v) is 23.5. The topological polar surface area (TPSA) is 117 Å². The summed E-state index contributed by atoms with van der Waals surface area (Å²) in [6.45, 7) is 4.98. The van der Waals surface area contributed by atoms with Gasteiger partial charge < -0.3 is 20.1 Å². The lowest BCUT2D eigenvalue weighted by Crippen LogP contribution is -2.28. The Morgan fingerprint density at radius 3 is 1.24 bits per heavy atom. The van der Waals surface area contributed by atoms with Crippen LogP contribution in [0.15, 0.2) is 0 Å². The number of carbonyl (C=O) groups excluding carboxylic acids is 1. The first-order chi connectivity index (χ1) is 24.9. The van der Waals surface area contributed by atoms with E-state index in [-0.39, 0.29) is 32.3 Å². The van der Waals surface area contributed by atoms with E-state index in [2.05, 4.69) is 13.8 Å². The largest absolute Gasteiger partial charge is 0.472 e. The van der Waals surface area contributed by atoms with E-state index in [0.717, 1.165) is 32.1 Å². The molecule has 0 fully saturated rings. The molecule has 2 atom stereocenters. The van der Waals surface area contributed by atoms with Crippen LogP contribution < -0.4 is 5.73 Å². The molecule has 8 nitrogen and oxygen atoms in total. The normalized spacial score (nSPS) is 13.4. The Morgan fingerprint density at radius 2 is 0.863 bits per heavy atom. The molecule has 3 N–H and O–H groups in total. The minimum absolute atomic E-state index is 0.0901. The van der Waals surface area contributed by atoms with Crippen LogP contribution >= 0.6 is 7.82 Å². The number of rotatable bonds is 43. The lowest BCUT2D eigenvalue weighted by molar-refractivity contribution is -0.154. The number of hydrogen-bond acceptors (Lipinski definition) is 7. The summed E-state index contributed by atoms with van der Waals surface area (Å²) in [5, 5.41) is 0. The van der Waals surface area contributed by atoms with Crippen molar-refractivity contribution < 1.29 is 32.8 Å². The minimum atomic E-state index is -4.27. The summed E-state index contributed by atoms with van der Waals surface area (Å²) < 4.78 is 33.4. The highest BCUT2D eigenvalue weighted by Gasteiger charge is 2.25. The average Bonchev–Trinajstić information content (AvgIpc) is 3.12. The Balaban J connectivity index is 3.96. The van der Waals surface area contributed by atoms with E-state index < -0.39 is 13.9 Å². The molecule has 0 heterocycles. The van der Waals surface area contributed by atoms with Crippen LogP contribution in [-0.2, 0) is 27.9 Å². The number of hydrogen-bond donors (Lipinski definition) is 2. The third-order valence-electron chi connectivity index (χ3n) is 9.77. The highest BCUT2D eigenvalue weighted by atomic mass is 31.2. The van der Waals surface area contributed by atoms with Gasteiger partial charge >= 0.3 is 13.8 Å². The van der Waals surface area contributed by atoms with Crippen molar-refractivity contribution in [2.75, 3.05) is 33.0 Å². The van der Waals surface area contributed by atoms with Gasteiger partial charge in [0.15, 0.2) is 0 Å². The van der Waals surface area contributed by atoms with E-state index in [1.54, 1.807) is 0 Å². The number of phosphoric ester groups is 1. The summed E-state index contributed by atoms with van der Waals surface area (Å²) in [5.41, 5.74) is 5.37. The zero-order valence-corrected chi connectivity index (χ0v) is 34.8. The zero-order valence-electron chi connectivity index (χ0n) is 33.9. The molecule has 0 rings (SSSR count). The molecule has 0 aromatic rings. The van der Waals surface area contributed by atoms with Crippen LogP contribution in [0.4, 0.5) is 0 Å². The molecule has 0 aliphatic rings. The molecule has 0 aromatic heterocycles. The molecule has 51 heavy (non-hydrogen) atoms. The molecule has 0 saturated carbocycles. The Kier molecular flexibility index (Phi) is 40.3. The van der Waals surface area contributed by atoms with Crippen molar-refractivity contribution in [1.29, 1.82) is 0 Å². The quantitative estimate of drug-likeness (QED) is 0.0360.